The van der Waals surface area contributed by atoms with E-state index in [0.717, 1.165) is 25.3 Å². The second-order valence-corrected chi connectivity index (χ2v) is 9.16. The summed E-state index contributed by atoms with van der Waals surface area (Å²) in [6.07, 6.45) is 0. The molecule has 0 aromatic heterocycles. The van der Waals surface area contributed by atoms with Crippen molar-refractivity contribution in [1.82, 2.24) is 0 Å². The molecule has 0 fully saturated rings. The predicted molar refractivity (Wildman–Crippen MR) is 114 cm³/mol. The molecule has 2 nitrogen and oxygen atoms in total. The lowest BCUT2D eigenvalue weighted by Crippen LogP contribution is -2.14. The Morgan fingerprint density at radius 3 is 2.20 bits per heavy atom. The Morgan fingerprint density at radius 1 is 1.00 bits per heavy atom. The van der Waals surface area contributed by atoms with Crippen LogP contribution < -0.4 is 5.32 Å². The van der Waals surface area contributed by atoms with Crippen LogP contribution in [0.2, 0.25) is 0 Å². The van der Waals surface area contributed by atoms with Crippen molar-refractivity contribution in [3.05, 3.63) is 55.6 Å². The lowest BCUT2D eigenvalue weighted by atomic mass is 10.2. The number of rotatable bonds is 2. The fourth-order valence-corrected chi connectivity index (χ4v) is 6.15. The van der Waals surface area contributed by atoms with Gasteiger partial charge in [-0.3, -0.25) is 4.79 Å². The minimum Gasteiger partial charge on any atom is -0.320 e. The predicted octanol–water partition coefficient (Wildman–Crippen LogP) is 6.28. The van der Waals surface area contributed by atoms with E-state index in [4.69, 9.17) is 0 Å². The van der Waals surface area contributed by atoms with Crippen molar-refractivity contribution in [2.45, 2.75) is 0 Å². The highest BCUT2D eigenvalue weighted by molar-refractivity contribution is 14.1. The molecule has 1 amide bonds. The largest absolute Gasteiger partial charge is 0.320 e. The average Bonchev–Trinajstić information content (AvgIpc) is 2.36. The summed E-state index contributed by atoms with van der Waals surface area (Å²) in [5.74, 6) is -0.129. The van der Waals surface area contributed by atoms with Crippen molar-refractivity contribution in [2.75, 3.05) is 5.32 Å². The Hall–Kier alpha value is 1.06. The summed E-state index contributed by atoms with van der Waals surface area (Å²) in [5.41, 5.74) is 1.45. The van der Waals surface area contributed by atoms with Gasteiger partial charge in [0.2, 0.25) is 0 Å². The fraction of sp³-hybridized carbons (Fsp3) is 0. The summed E-state index contributed by atoms with van der Waals surface area (Å²) < 4.78 is 4.85. The molecule has 0 unspecified atom stereocenters. The zero-order valence-electron chi connectivity index (χ0n) is 9.68. The molecule has 1 N–H and O–H groups in total. The van der Waals surface area contributed by atoms with E-state index in [-0.39, 0.29) is 5.91 Å². The molecule has 0 atom stereocenters. The van der Waals surface area contributed by atoms with E-state index in [2.05, 4.69) is 105 Å². The summed E-state index contributed by atoms with van der Waals surface area (Å²) in [7, 11) is 0. The molecular formula is C13H6Br2I3NO. The standard InChI is InChI=1S/C13H6Br2I3NO/c14-6-1-2-9(15)8(3-6)13(20)19-12-10(17)4-7(16)5-11(12)18/h1-5H,(H,19,20). The van der Waals surface area contributed by atoms with Crippen molar-refractivity contribution in [3.63, 3.8) is 0 Å². The van der Waals surface area contributed by atoms with Gasteiger partial charge in [0, 0.05) is 19.7 Å². The highest BCUT2D eigenvalue weighted by Gasteiger charge is 2.14. The maximum absolute atomic E-state index is 12.4. The minimum atomic E-state index is -0.129. The third-order valence-corrected chi connectivity index (χ3v) is 5.93. The van der Waals surface area contributed by atoms with Gasteiger partial charge >= 0.3 is 0 Å². The Labute approximate surface area is 174 Å². The van der Waals surface area contributed by atoms with Gasteiger partial charge in [-0.15, -0.1) is 0 Å². The first-order valence-electron chi connectivity index (χ1n) is 5.29. The van der Waals surface area contributed by atoms with Crippen LogP contribution in [-0.4, -0.2) is 5.91 Å². The van der Waals surface area contributed by atoms with Crippen LogP contribution in [-0.2, 0) is 0 Å². The summed E-state index contributed by atoms with van der Waals surface area (Å²) in [6, 6.07) is 9.61. The van der Waals surface area contributed by atoms with Gasteiger partial charge in [0.15, 0.2) is 0 Å². The summed E-state index contributed by atoms with van der Waals surface area (Å²) in [6.45, 7) is 0. The molecule has 0 heterocycles. The van der Waals surface area contributed by atoms with Gasteiger partial charge in [0.1, 0.15) is 0 Å². The Kier molecular flexibility index (Phi) is 6.58. The number of benzene rings is 2. The molecule has 0 aliphatic carbocycles. The van der Waals surface area contributed by atoms with Gasteiger partial charge in [-0.25, -0.2) is 0 Å². The topological polar surface area (TPSA) is 29.1 Å². The first kappa shape index (κ1) is 17.4. The van der Waals surface area contributed by atoms with E-state index in [9.17, 15) is 4.79 Å². The van der Waals surface area contributed by atoms with Gasteiger partial charge in [-0.2, -0.15) is 0 Å². The number of amides is 1. The number of carbonyl (C=O) groups excluding carboxylic acids is 1. The zero-order valence-corrected chi connectivity index (χ0v) is 19.3. The third-order valence-electron chi connectivity index (χ3n) is 2.42. The number of nitrogens with one attached hydrogen (secondary N) is 1. The SMILES string of the molecule is O=C(Nc1c(I)cc(I)cc1I)c1cc(Br)ccc1Br. The summed E-state index contributed by atoms with van der Waals surface area (Å²) in [4.78, 5) is 12.4. The zero-order chi connectivity index (χ0) is 14.9. The molecule has 7 heteroatoms. The third kappa shape index (κ3) is 4.29. The van der Waals surface area contributed by atoms with E-state index >= 15 is 0 Å². The van der Waals surface area contributed by atoms with E-state index < -0.39 is 0 Å². The second kappa shape index (κ2) is 7.55. The van der Waals surface area contributed by atoms with Gasteiger partial charge in [0.05, 0.1) is 11.3 Å². The Balaban J connectivity index is 2.35. The molecule has 2 aromatic carbocycles. The van der Waals surface area contributed by atoms with Gasteiger partial charge in [-0.1, -0.05) is 15.9 Å². The highest BCUT2D eigenvalue weighted by atomic mass is 127. The maximum atomic E-state index is 12.4. The normalized spacial score (nSPS) is 10.4. The van der Waals surface area contributed by atoms with E-state index in [1.54, 1.807) is 6.07 Å². The quantitative estimate of drug-likeness (QED) is 0.363. The van der Waals surface area contributed by atoms with Crippen LogP contribution in [0.1, 0.15) is 10.4 Å². The van der Waals surface area contributed by atoms with Crippen LogP contribution in [0.4, 0.5) is 5.69 Å². The Morgan fingerprint density at radius 2 is 1.60 bits per heavy atom. The van der Waals surface area contributed by atoms with Gasteiger partial charge < -0.3 is 5.32 Å². The van der Waals surface area contributed by atoms with Crippen LogP contribution in [0.3, 0.4) is 0 Å². The number of carbonyl (C=O) groups is 1. The molecule has 0 radical (unpaired) electrons. The second-order valence-electron chi connectivity index (χ2n) is 3.82. The summed E-state index contributed by atoms with van der Waals surface area (Å²) in [5, 5.41) is 2.98. The van der Waals surface area contributed by atoms with E-state index in [1.807, 2.05) is 24.3 Å². The lowest BCUT2D eigenvalue weighted by molar-refractivity contribution is 0.102. The fourth-order valence-electron chi connectivity index (χ4n) is 1.51. The van der Waals surface area contributed by atoms with Crippen LogP contribution in [0.25, 0.3) is 0 Å². The molecule has 20 heavy (non-hydrogen) atoms. The molecule has 0 spiro atoms. The lowest BCUT2D eigenvalue weighted by Gasteiger charge is -2.11. The smallest absolute Gasteiger partial charge is 0.256 e. The van der Waals surface area contributed by atoms with Crippen LogP contribution in [0.5, 0.6) is 0 Å². The first-order valence-corrected chi connectivity index (χ1v) is 10.1. The number of hydrogen-bond acceptors (Lipinski definition) is 1. The van der Waals surface area contributed by atoms with Crippen LogP contribution in [0.15, 0.2) is 39.3 Å². The van der Waals surface area contributed by atoms with Crippen LogP contribution >= 0.6 is 99.6 Å². The molecular weight excluding hydrogens is 727 g/mol. The molecule has 0 saturated heterocycles. The number of halogens is 5. The molecule has 0 saturated carbocycles. The first-order chi connectivity index (χ1) is 9.38. The van der Waals surface area contributed by atoms with E-state index in [1.165, 1.54) is 0 Å². The average molecular weight is 733 g/mol. The van der Waals surface area contributed by atoms with Crippen molar-refractivity contribution >= 4 is 111 Å². The minimum absolute atomic E-state index is 0.129. The number of hydrogen-bond donors (Lipinski definition) is 1. The molecule has 0 aliphatic heterocycles. The van der Waals surface area contributed by atoms with Crippen molar-refractivity contribution in [1.29, 1.82) is 0 Å². The highest BCUT2D eigenvalue weighted by Crippen LogP contribution is 2.29. The summed E-state index contributed by atoms with van der Waals surface area (Å²) >= 11 is 13.5. The van der Waals surface area contributed by atoms with E-state index in [0.29, 0.717) is 5.56 Å². The van der Waals surface area contributed by atoms with Gasteiger partial charge in [-0.05, 0) is 114 Å². The van der Waals surface area contributed by atoms with Crippen LogP contribution in [0, 0.1) is 10.7 Å². The Bertz CT molecular complexity index is 668. The van der Waals surface area contributed by atoms with Crippen molar-refractivity contribution in [3.8, 4) is 0 Å². The van der Waals surface area contributed by atoms with Crippen molar-refractivity contribution in [2.24, 2.45) is 0 Å². The van der Waals surface area contributed by atoms with Gasteiger partial charge in [0.25, 0.3) is 5.91 Å². The molecule has 0 bridgehead atoms. The maximum Gasteiger partial charge on any atom is 0.256 e. The molecule has 104 valence electrons. The van der Waals surface area contributed by atoms with Crippen molar-refractivity contribution < 1.29 is 4.79 Å². The number of anilines is 1. The monoisotopic (exact) mass is 731 g/mol. The molecule has 0 aliphatic rings. The molecule has 2 aromatic rings. The molecule has 2 rings (SSSR count).